The number of benzene rings is 2. The first kappa shape index (κ1) is 27.6. The third-order valence-corrected chi connectivity index (χ3v) is 8.81. The van der Waals surface area contributed by atoms with Crippen molar-refractivity contribution in [3.8, 4) is 16.9 Å². The van der Waals surface area contributed by atoms with Gasteiger partial charge in [-0.05, 0) is 69.4 Å². The second-order valence-corrected chi connectivity index (χ2v) is 11.5. The van der Waals surface area contributed by atoms with Crippen LogP contribution in [0.2, 0.25) is 0 Å². The van der Waals surface area contributed by atoms with Crippen LogP contribution in [-0.2, 0) is 4.79 Å². The minimum atomic E-state index is -0.779. The van der Waals surface area contributed by atoms with Crippen LogP contribution in [0.25, 0.3) is 11.1 Å². The van der Waals surface area contributed by atoms with Crippen molar-refractivity contribution in [2.24, 2.45) is 17.1 Å². The summed E-state index contributed by atoms with van der Waals surface area (Å²) in [6.07, 6.45) is 2.89. The van der Waals surface area contributed by atoms with Gasteiger partial charge in [-0.15, -0.1) is 0 Å². The summed E-state index contributed by atoms with van der Waals surface area (Å²) < 4.78 is 36.7. The number of aromatic nitrogens is 4. The number of anilines is 1. The molecule has 2 amide bonds. The average Bonchev–Trinajstić information content (AvgIpc) is 3.23. The number of H-pyrrole nitrogens is 1. The summed E-state index contributed by atoms with van der Waals surface area (Å²) in [6, 6.07) is 11.0. The van der Waals surface area contributed by atoms with Crippen molar-refractivity contribution in [2.45, 2.75) is 52.0 Å². The Kier molecular flexibility index (Phi) is 6.83. The molecule has 0 saturated heterocycles. The van der Waals surface area contributed by atoms with Crippen LogP contribution in [-0.4, -0.2) is 38.4 Å². The molecular weight excluding hydrogens is 542 g/mol. The van der Waals surface area contributed by atoms with Gasteiger partial charge in [-0.1, -0.05) is 12.1 Å². The van der Waals surface area contributed by atoms with Crippen molar-refractivity contribution in [3.05, 3.63) is 82.9 Å². The van der Waals surface area contributed by atoms with Crippen molar-refractivity contribution in [1.82, 2.24) is 20.0 Å². The molecule has 4 unspecified atom stereocenters. The fourth-order valence-electron chi connectivity index (χ4n) is 6.71. The van der Waals surface area contributed by atoms with Crippen molar-refractivity contribution in [1.29, 1.82) is 0 Å². The summed E-state index contributed by atoms with van der Waals surface area (Å²) in [4.78, 5) is 25.3. The number of carbonyl (C=O) groups excluding carboxylic acids is 2. The maximum atomic E-state index is 14.8. The summed E-state index contributed by atoms with van der Waals surface area (Å²) in [5.74, 6) is -2.71. The minimum absolute atomic E-state index is 0.00295. The Morgan fingerprint density at radius 3 is 2.67 bits per heavy atom. The van der Waals surface area contributed by atoms with E-state index in [4.69, 9.17) is 10.5 Å². The van der Waals surface area contributed by atoms with E-state index in [1.165, 1.54) is 12.3 Å². The number of fused-ring (bicyclic) bond motifs is 1. The molecule has 2 aromatic heterocycles. The maximum Gasteiger partial charge on any atom is 0.266 e. The quantitative estimate of drug-likeness (QED) is 0.259. The summed E-state index contributed by atoms with van der Waals surface area (Å²) in [7, 11) is 0. The van der Waals surface area contributed by atoms with Crippen LogP contribution >= 0.6 is 0 Å². The number of aryl methyl sites for hydroxylation is 2. The highest BCUT2D eigenvalue weighted by Crippen LogP contribution is 2.67. The molecule has 6 rings (SSSR count). The molecule has 4 aromatic rings. The molecule has 0 radical (unpaired) electrons. The highest BCUT2D eigenvalue weighted by molar-refractivity contribution is 5.92. The molecule has 1 aliphatic carbocycles. The third-order valence-electron chi connectivity index (χ3n) is 8.81. The number of nitrogens with zero attached hydrogens (tertiary/aromatic N) is 3. The Labute approximate surface area is 241 Å². The standard InChI is InChI=1S/C31H32F2N6O3/c1-16(39-26(30(34)41)8-9-35-39)10-20-14-31(20)15-42-29-23(11-21(32)12-25(29)33)24(31)13-27(40)36-22-6-4-19(5-7-22)28-17(2)37-38-18(28)3/h4-9,11-12,16,20,24H,10,13-15H2,1-3H3,(H2,34,41)(H,36,40)(H,37,38). The molecule has 1 spiro atoms. The Balaban J connectivity index is 1.23. The molecule has 1 aliphatic heterocycles. The van der Waals surface area contributed by atoms with E-state index in [1.54, 1.807) is 10.7 Å². The Hall–Kier alpha value is -4.54. The van der Waals surface area contributed by atoms with Gasteiger partial charge in [-0.3, -0.25) is 19.4 Å². The molecule has 42 heavy (non-hydrogen) atoms. The normalized spacial score (nSPS) is 21.5. The Bertz CT molecular complexity index is 1660. The smallest absolute Gasteiger partial charge is 0.266 e. The fourth-order valence-corrected chi connectivity index (χ4v) is 6.71. The van der Waals surface area contributed by atoms with Gasteiger partial charge in [0.2, 0.25) is 5.91 Å². The molecule has 2 aliphatic rings. The summed E-state index contributed by atoms with van der Waals surface area (Å²) in [5, 5.41) is 14.5. The highest BCUT2D eigenvalue weighted by atomic mass is 19.1. The number of nitrogens with one attached hydrogen (secondary N) is 2. The van der Waals surface area contributed by atoms with Crippen molar-refractivity contribution in [3.63, 3.8) is 0 Å². The van der Waals surface area contributed by atoms with Crippen LogP contribution < -0.4 is 15.8 Å². The summed E-state index contributed by atoms with van der Waals surface area (Å²) >= 11 is 0. The molecule has 11 heteroatoms. The molecule has 4 N–H and O–H groups in total. The zero-order chi connectivity index (χ0) is 29.8. The first-order chi connectivity index (χ1) is 20.1. The SMILES string of the molecule is Cc1n[nH]c(C)c1-c1ccc(NC(=O)CC2c3cc(F)cc(F)c3OCC23CC3CC(C)n2nccc2C(N)=O)cc1. The second-order valence-electron chi connectivity index (χ2n) is 11.5. The number of primary amides is 1. The lowest BCUT2D eigenvalue weighted by Gasteiger charge is -2.35. The zero-order valence-electron chi connectivity index (χ0n) is 23.6. The number of nitrogens with two attached hydrogens (primary N) is 1. The van der Waals surface area contributed by atoms with Gasteiger partial charge in [0.15, 0.2) is 11.6 Å². The van der Waals surface area contributed by atoms with Crippen molar-refractivity contribution in [2.75, 3.05) is 11.9 Å². The topological polar surface area (TPSA) is 128 Å². The number of hydrogen-bond donors (Lipinski definition) is 3. The van der Waals surface area contributed by atoms with E-state index < -0.39 is 28.9 Å². The van der Waals surface area contributed by atoms with Gasteiger partial charge in [0.1, 0.15) is 11.5 Å². The highest BCUT2D eigenvalue weighted by Gasteiger charge is 2.62. The molecule has 0 bridgehead atoms. The lowest BCUT2D eigenvalue weighted by atomic mass is 9.76. The van der Waals surface area contributed by atoms with E-state index in [2.05, 4.69) is 20.6 Å². The largest absolute Gasteiger partial charge is 0.490 e. The average molecular weight is 575 g/mol. The monoisotopic (exact) mass is 574 g/mol. The number of rotatable bonds is 8. The van der Waals surface area contributed by atoms with Gasteiger partial charge in [-0.2, -0.15) is 10.2 Å². The molecule has 4 atom stereocenters. The fraction of sp³-hybridized carbons (Fsp3) is 0.355. The van der Waals surface area contributed by atoms with Gasteiger partial charge >= 0.3 is 0 Å². The first-order valence-corrected chi connectivity index (χ1v) is 13.9. The number of carbonyl (C=O) groups is 2. The lowest BCUT2D eigenvalue weighted by molar-refractivity contribution is -0.117. The van der Waals surface area contributed by atoms with E-state index in [9.17, 15) is 18.4 Å². The number of aromatic amines is 1. The maximum absolute atomic E-state index is 14.8. The molecule has 9 nitrogen and oxygen atoms in total. The molecule has 1 saturated carbocycles. The lowest BCUT2D eigenvalue weighted by Crippen LogP contribution is -2.33. The van der Waals surface area contributed by atoms with E-state index >= 15 is 0 Å². The Morgan fingerprint density at radius 1 is 1.21 bits per heavy atom. The minimum Gasteiger partial charge on any atom is -0.490 e. The zero-order valence-corrected chi connectivity index (χ0v) is 23.6. The van der Waals surface area contributed by atoms with Crippen LogP contribution in [0, 0.1) is 36.8 Å². The van der Waals surface area contributed by atoms with Gasteiger partial charge in [0.25, 0.3) is 5.91 Å². The van der Waals surface area contributed by atoms with E-state index in [0.717, 1.165) is 28.6 Å². The number of halogens is 2. The number of ether oxygens (including phenoxy) is 1. The van der Waals surface area contributed by atoms with E-state index in [1.807, 2.05) is 45.0 Å². The van der Waals surface area contributed by atoms with Crippen molar-refractivity contribution >= 4 is 17.5 Å². The van der Waals surface area contributed by atoms with Gasteiger partial charge in [0.05, 0.1) is 18.3 Å². The number of amides is 2. The van der Waals surface area contributed by atoms with Crippen LogP contribution in [0.5, 0.6) is 5.75 Å². The molecule has 3 heterocycles. The van der Waals surface area contributed by atoms with E-state index in [0.29, 0.717) is 29.8 Å². The molecule has 218 valence electrons. The molecular formula is C31H32F2N6O3. The van der Waals surface area contributed by atoms with Crippen LogP contribution in [0.4, 0.5) is 14.5 Å². The summed E-state index contributed by atoms with van der Waals surface area (Å²) in [5.41, 5.74) is 10.2. The summed E-state index contributed by atoms with van der Waals surface area (Å²) in [6.45, 7) is 6.04. The predicted molar refractivity (Wildman–Crippen MR) is 152 cm³/mol. The predicted octanol–water partition coefficient (Wildman–Crippen LogP) is 5.43. The Morgan fingerprint density at radius 2 is 1.98 bits per heavy atom. The van der Waals surface area contributed by atoms with Crippen LogP contribution in [0.1, 0.15) is 65.6 Å². The van der Waals surface area contributed by atoms with Gasteiger partial charge in [0, 0.05) is 52.5 Å². The third kappa shape index (κ3) is 4.82. The number of hydrogen-bond acceptors (Lipinski definition) is 5. The van der Waals surface area contributed by atoms with Crippen molar-refractivity contribution < 1.29 is 23.1 Å². The first-order valence-electron chi connectivity index (χ1n) is 13.9. The van der Waals surface area contributed by atoms with Crippen LogP contribution in [0.15, 0.2) is 48.7 Å². The second kappa shape index (κ2) is 10.4. The van der Waals surface area contributed by atoms with Crippen LogP contribution in [0.3, 0.4) is 0 Å². The van der Waals surface area contributed by atoms with Gasteiger partial charge < -0.3 is 15.8 Å². The molecule has 2 aromatic carbocycles. The molecule has 1 fully saturated rings. The van der Waals surface area contributed by atoms with Gasteiger partial charge in [-0.25, -0.2) is 8.78 Å². The van der Waals surface area contributed by atoms with E-state index in [-0.39, 0.29) is 36.6 Å².